The van der Waals surface area contributed by atoms with E-state index in [1.165, 1.54) is 25.4 Å². The molecule has 3 N–H and O–H groups in total. The molecule has 0 aliphatic carbocycles. The molecule has 0 spiro atoms. The minimum atomic E-state index is -1.67. The molecule has 1 aromatic rings. The third-order valence-electron chi connectivity index (χ3n) is 3.02. The highest BCUT2D eigenvalue weighted by Gasteiger charge is 2.26. The number of aromatic nitrogens is 1. The van der Waals surface area contributed by atoms with E-state index >= 15 is 0 Å². The van der Waals surface area contributed by atoms with Gasteiger partial charge in [-0.15, -0.1) is 0 Å². The predicted molar refractivity (Wildman–Crippen MR) is 79.2 cm³/mol. The number of amides is 1. The molecule has 2 atom stereocenters. The van der Waals surface area contributed by atoms with E-state index in [-0.39, 0.29) is 18.5 Å². The summed E-state index contributed by atoms with van der Waals surface area (Å²) >= 11 is 0. The Morgan fingerprint density at radius 1 is 1.46 bits per heavy atom. The number of carboxylic acid groups (broad SMARTS) is 1. The Bertz CT molecular complexity index is 654. The molecule has 0 bridgehead atoms. The first-order valence-corrected chi connectivity index (χ1v) is 6.80. The first kappa shape index (κ1) is 18.9. The number of nitrogens with zero attached hydrogens (tertiary/aromatic N) is 3. The molecule has 0 saturated heterocycles. The number of aliphatic hydroxyl groups is 1. The van der Waals surface area contributed by atoms with Crippen LogP contribution in [0, 0.1) is 0 Å². The molecule has 0 saturated carbocycles. The summed E-state index contributed by atoms with van der Waals surface area (Å²) in [6.07, 6.45) is -0.218. The maximum Gasteiger partial charge on any atom is 0.326 e. The summed E-state index contributed by atoms with van der Waals surface area (Å²) in [6, 6.07) is 1.46. The average molecular weight is 336 g/mol. The molecule has 0 aliphatic rings. The van der Waals surface area contributed by atoms with Crippen molar-refractivity contribution in [2.24, 2.45) is 0 Å². The zero-order valence-electron chi connectivity index (χ0n) is 12.7. The standard InChI is InChI=1S/C14H16N4O6/c1-24-9-3-5-10(16-7-9)12(20)13(21)18-11(14(22)23)4-2-8(19)6-17-15/h3,5-7,11-12,20H,2,4H2,1H3,(H,18,21)(H,22,23)/t11-,12-/m0/s1. The Morgan fingerprint density at radius 2 is 2.17 bits per heavy atom. The van der Waals surface area contributed by atoms with Crippen molar-refractivity contribution in [3.05, 3.63) is 29.6 Å². The van der Waals surface area contributed by atoms with Crippen LogP contribution < -0.4 is 10.1 Å². The number of ether oxygens (including phenoxy) is 1. The molecule has 1 aromatic heterocycles. The highest BCUT2D eigenvalue weighted by Crippen LogP contribution is 2.15. The first-order chi connectivity index (χ1) is 11.4. The Balaban J connectivity index is 2.70. The smallest absolute Gasteiger partial charge is 0.326 e. The van der Waals surface area contributed by atoms with Crippen molar-refractivity contribution in [3.8, 4) is 5.75 Å². The average Bonchev–Trinajstić information content (AvgIpc) is 2.57. The molecule has 1 amide bonds. The zero-order chi connectivity index (χ0) is 18.1. The number of Topliss-reactive ketones (excluding diaryl/α,β-unsaturated/α-hetero) is 1. The van der Waals surface area contributed by atoms with E-state index in [4.69, 9.17) is 15.4 Å². The molecule has 0 aliphatic heterocycles. The van der Waals surface area contributed by atoms with Crippen molar-refractivity contribution in [1.82, 2.24) is 10.3 Å². The van der Waals surface area contributed by atoms with Crippen LogP contribution in [0.2, 0.25) is 0 Å². The molecular formula is C14H16N4O6. The van der Waals surface area contributed by atoms with Gasteiger partial charge in [-0.2, -0.15) is 4.79 Å². The summed E-state index contributed by atoms with van der Waals surface area (Å²) in [5.41, 5.74) is 8.22. The molecule has 10 heteroatoms. The summed E-state index contributed by atoms with van der Waals surface area (Å²) in [6.45, 7) is 0. The number of carbonyl (C=O) groups excluding carboxylic acids is 2. The lowest BCUT2D eigenvalue weighted by molar-refractivity contribution is -0.143. The fourth-order valence-electron chi connectivity index (χ4n) is 1.73. The summed E-state index contributed by atoms with van der Waals surface area (Å²) in [5.74, 6) is -2.51. The van der Waals surface area contributed by atoms with Crippen molar-refractivity contribution in [2.75, 3.05) is 7.11 Å². The van der Waals surface area contributed by atoms with Crippen molar-refractivity contribution in [2.45, 2.75) is 25.0 Å². The number of aliphatic carboxylic acids is 1. The van der Waals surface area contributed by atoms with Gasteiger partial charge in [0.15, 0.2) is 6.10 Å². The molecule has 0 aromatic carbocycles. The third kappa shape index (κ3) is 5.59. The molecule has 0 radical (unpaired) electrons. The van der Waals surface area contributed by atoms with Gasteiger partial charge in [-0.05, 0) is 18.6 Å². The highest BCUT2D eigenvalue weighted by atomic mass is 16.5. The van der Waals surface area contributed by atoms with E-state index in [0.29, 0.717) is 12.0 Å². The van der Waals surface area contributed by atoms with Gasteiger partial charge in [0.05, 0.1) is 19.0 Å². The molecule has 1 rings (SSSR count). The third-order valence-corrected chi connectivity index (χ3v) is 3.02. The number of pyridine rings is 1. The highest BCUT2D eigenvalue weighted by molar-refractivity contribution is 6.25. The summed E-state index contributed by atoms with van der Waals surface area (Å²) < 4.78 is 4.90. The normalized spacial score (nSPS) is 12.4. The van der Waals surface area contributed by atoms with Crippen molar-refractivity contribution in [1.29, 1.82) is 0 Å². The van der Waals surface area contributed by atoms with Crippen LogP contribution in [0.15, 0.2) is 18.3 Å². The number of carboxylic acids is 1. The fraction of sp³-hybridized carbons (Fsp3) is 0.357. The molecule has 1 heterocycles. The van der Waals surface area contributed by atoms with Crippen molar-refractivity contribution >= 4 is 23.9 Å². The van der Waals surface area contributed by atoms with Crippen LogP contribution in [0.25, 0.3) is 5.53 Å². The molecule has 24 heavy (non-hydrogen) atoms. The minimum Gasteiger partial charge on any atom is -0.495 e. The largest absolute Gasteiger partial charge is 0.495 e. The van der Waals surface area contributed by atoms with Gasteiger partial charge in [0.1, 0.15) is 11.8 Å². The maximum absolute atomic E-state index is 11.9. The quantitative estimate of drug-likeness (QED) is 0.306. The summed E-state index contributed by atoms with van der Waals surface area (Å²) in [7, 11) is 1.43. The molecule has 128 valence electrons. The Hall–Kier alpha value is -3.10. The van der Waals surface area contributed by atoms with E-state index in [0.717, 1.165) is 0 Å². The van der Waals surface area contributed by atoms with Crippen molar-refractivity contribution < 1.29 is 34.1 Å². The van der Waals surface area contributed by atoms with Crippen molar-refractivity contribution in [3.63, 3.8) is 0 Å². The lowest BCUT2D eigenvalue weighted by Crippen LogP contribution is -2.43. The first-order valence-electron chi connectivity index (χ1n) is 6.80. The number of rotatable bonds is 9. The second-order valence-corrected chi connectivity index (χ2v) is 4.67. The van der Waals surface area contributed by atoms with Crippen LogP contribution >= 0.6 is 0 Å². The molecular weight excluding hydrogens is 320 g/mol. The van der Waals surface area contributed by atoms with Crippen LogP contribution in [0.4, 0.5) is 0 Å². The second-order valence-electron chi connectivity index (χ2n) is 4.67. The lowest BCUT2D eigenvalue weighted by Gasteiger charge is -2.16. The van der Waals surface area contributed by atoms with Gasteiger partial charge < -0.3 is 25.8 Å². The number of methoxy groups -OCH3 is 1. The number of aliphatic hydroxyl groups excluding tert-OH is 1. The van der Waals surface area contributed by atoms with Crippen LogP contribution in [-0.2, 0) is 14.4 Å². The lowest BCUT2D eigenvalue weighted by atomic mass is 10.1. The Kier molecular flexibility index (Phi) is 7.21. The van der Waals surface area contributed by atoms with Crippen LogP contribution in [0.5, 0.6) is 5.75 Å². The number of ketones is 1. The number of hydrogen-bond acceptors (Lipinski definition) is 6. The van der Waals surface area contributed by atoms with Gasteiger partial charge in [0.2, 0.25) is 5.78 Å². The topological polar surface area (TPSA) is 162 Å². The number of nitrogens with one attached hydrogen (secondary N) is 1. The number of carbonyl (C=O) groups is 3. The zero-order valence-corrected chi connectivity index (χ0v) is 12.7. The van der Waals surface area contributed by atoms with E-state index in [9.17, 15) is 19.5 Å². The second kappa shape index (κ2) is 9.13. The maximum atomic E-state index is 11.9. The van der Waals surface area contributed by atoms with Crippen LogP contribution in [-0.4, -0.2) is 57.0 Å². The van der Waals surface area contributed by atoms with E-state index in [1.54, 1.807) is 0 Å². The Morgan fingerprint density at radius 3 is 2.67 bits per heavy atom. The van der Waals surface area contributed by atoms with Gasteiger partial charge in [0.25, 0.3) is 5.91 Å². The van der Waals surface area contributed by atoms with Gasteiger partial charge in [0, 0.05) is 6.42 Å². The van der Waals surface area contributed by atoms with Gasteiger partial charge >= 0.3 is 12.2 Å². The monoisotopic (exact) mass is 336 g/mol. The molecule has 0 fully saturated rings. The molecule has 10 nitrogen and oxygen atoms in total. The van der Waals surface area contributed by atoms with Gasteiger partial charge in [-0.25, -0.2) is 4.79 Å². The SMILES string of the molecule is COc1ccc([C@H](O)C(=O)N[C@@H](CCC(=O)C=[N+]=[N-])C(=O)O)nc1. The van der Waals surface area contributed by atoms with E-state index in [1.807, 2.05) is 0 Å². The van der Waals surface area contributed by atoms with E-state index < -0.39 is 29.8 Å². The van der Waals surface area contributed by atoms with E-state index in [2.05, 4.69) is 15.1 Å². The number of hydrogen-bond donors (Lipinski definition) is 3. The summed E-state index contributed by atoms with van der Waals surface area (Å²) in [5, 5.41) is 21.1. The summed E-state index contributed by atoms with van der Waals surface area (Å²) in [4.78, 5) is 40.6. The predicted octanol–water partition coefficient (Wildman–Crippen LogP) is -0.657. The fourth-order valence-corrected chi connectivity index (χ4v) is 1.73. The van der Waals surface area contributed by atoms with Gasteiger partial charge in [-0.3, -0.25) is 14.6 Å². The molecule has 0 unspecified atom stereocenters. The Labute approximate surface area is 136 Å². The van der Waals surface area contributed by atoms with Crippen LogP contribution in [0.1, 0.15) is 24.6 Å². The minimum absolute atomic E-state index is 0.0147. The van der Waals surface area contributed by atoms with Gasteiger partial charge in [-0.1, -0.05) is 0 Å². The van der Waals surface area contributed by atoms with Crippen LogP contribution in [0.3, 0.4) is 0 Å².